The molecule has 3 nitrogen and oxygen atoms in total. The van der Waals surface area contributed by atoms with E-state index in [1.165, 1.54) is 0 Å². The normalized spacial score (nSPS) is 15.4. The van der Waals surface area contributed by atoms with Gasteiger partial charge in [0.2, 0.25) is 5.91 Å². The molecule has 0 saturated heterocycles. The van der Waals surface area contributed by atoms with Crippen LogP contribution >= 0.6 is 0 Å². The molecule has 1 aromatic rings. The first kappa shape index (κ1) is 9.06. The lowest BCUT2D eigenvalue weighted by atomic mass is 10.1. The lowest BCUT2D eigenvalue weighted by Gasteiger charge is -2.33. The second-order valence-corrected chi connectivity index (χ2v) is 3.79. The zero-order chi connectivity index (χ0) is 10.1. The summed E-state index contributed by atoms with van der Waals surface area (Å²) in [6.07, 6.45) is 0. The number of amides is 1. The van der Waals surface area contributed by atoms with Crippen molar-refractivity contribution in [3.8, 4) is 0 Å². The highest BCUT2D eigenvalue weighted by Gasteiger charge is 2.22. The van der Waals surface area contributed by atoms with Crippen LogP contribution in [-0.4, -0.2) is 18.5 Å². The molecule has 0 aliphatic carbocycles. The molecule has 0 aromatic heterocycles. The van der Waals surface area contributed by atoms with Crippen molar-refractivity contribution in [2.45, 2.75) is 19.9 Å². The predicted octanol–water partition coefficient (Wildman–Crippen LogP) is 1.85. The summed E-state index contributed by atoms with van der Waals surface area (Å²) in [5.41, 5.74) is 2.03. The largest absolute Gasteiger partial charge is 0.358 e. The number of fused-ring (bicyclic) bond motifs is 1. The number of carbonyl (C=O) groups is 1. The second-order valence-electron chi connectivity index (χ2n) is 3.79. The van der Waals surface area contributed by atoms with Crippen LogP contribution in [0.25, 0.3) is 0 Å². The third-order valence-electron chi connectivity index (χ3n) is 2.42. The van der Waals surface area contributed by atoms with Gasteiger partial charge in [-0.3, -0.25) is 4.79 Å². The smallest absolute Gasteiger partial charge is 0.243 e. The van der Waals surface area contributed by atoms with Crippen molar-refractivity contribution in [1.82, 2.24) is 0 Å². The van der Waals surface area contributed by atoms with E-state index < -0.39 is 0 Å². The molecule has 3 heteroatoms. The fraction of sp³-hybridized carbons (Fsp3) is 0.364. The lowest BCUT2D eigenvalue weighted by Crippen LogP contribution is -2.42. The minimum atomic E-state index is 0.0670. The molecular formula is C11H14N2O. The Kier molecular flexibility index (Phi) is 2.15. The van der Waals surface area contributed by atoms with Gasteiger partial charge in [-0.25, -0.2) is 0 Å². The molecule has 0 unspecified atom stereocenters. The molecule has 1 heterocycles. The van der Waals surface area contributed by atoms with Crippen LogP contribution in [-0.2, 0) is 4.79 Å². The third-order valence-corrected chi connectivity index (χ3v) is 2.42. The molecule has 0 radical (unpaired) electrons. The van der Waals surface area contributed by atoms with Gasteiger partial charge in [-0.1, -0.05) is 12.1 Å². The number of carbonyl (C=O) groups excluding carboxylic acids is 1. The molecule has 74 valence electrons. The third kappa shape index (κ3) is 1.45. The SMILES string of the molecule is CC(C)N1CC(=O)Nc2ccccc21. The number of nitrogens with zero attached hydrogens (tertiary/aromatic N) is 1. The summed E-state index contributed by atoms with van der Waals surface area (Å²) in [4.78, 5) is 13.5. The number of benzene rings is 1. The Morgan fingerprint density at radius 2 is 2.07 bits per heavy atom. The Bertz CT molecular complexity index is 360. The fourth-order valence-corrected chi connectivity index (χ4v) is 1.72. The molecule has 1 aromatic carbocycles. The number of para-hydroxylation sites is 2. The van der Waals surface area contributed by atoms with Gasteiger partial charge in [0.15, 0.2) is 0 Å². The van der Waals surface area contributed by atoms with Crippen molar-refractivity contribution in [3.63, 3.8) is 0 Å². The molecule has 1 aliphatic rings. The van der Waals surface area contributed by atoms with Crippen molar-refractivity contribution in [2.75, 3.05) is 16.8 Å². The molecule has 0 fully saturated rings. The summed E-state index contributed by atoms with van der Waals surface area (Å²) in [5, 5.41) is 2.86. The van der Waals surface area contributed by atoms with Gasteiger partial charge in [0.05, 0.1) is 17.9 Å². The average molecular weight is 190 g/mol. The minimum absolute atomic E-state index is 0.0670. The minimum Gasteiger partial charge on any atom is -0.358 e. The fourth-order valence-electron chi connectivity index (χ4n) is 1.72. The highest BCUT2D eigenvalue weighted by molar-refractivity contribution is 6.01. The maximum absolute atomic E-state index is 11.4. The summed E-state index contributed by atoms with van der Waals surface area (Å²) in [6, 6.07) is 8.24. The van der Waals surface area contributed by atoms with Gasteiger partial charge in [-0.05, 0) is 26.0 Å². The highest BCUT2D eigenvalue weighted by Crippen LogP contribution is 2.29. The zero-order valence-corrected chi connectivity index (χ0v) is 8.45. The Balaban J connectivity index is 2.43. The summed E-state index contributed by atoms with van der Waals surface area (Å²) in [5.74, 6) is 0.0670. The number of nitrogens with one attached hydrogen (secondary N) is 1. The second kappa shape index (κ2) is 3.33. The number of hydrogen-bond donors (Lipinski definition) is 1. The first-order chi connectivity index (χ1) is 6.68. The van der Waals surface area contributed by atoms with E-state index in [2.05, 4.69) is 24.1 Å². The molecule has 0 atom stereocenters. The van der Waals surface area contributed by atoms with Gasteiger partial charge in [0.25, 0.3) is 0 Å². The van der Waals surface area contributed by atoms with Crippen molar-refractivity contribution in [2.24, 2.45) is 0 Å². The lowest BCUT2D eigenvalue weighted by molar-refractivity contribution is -0.115. The van der Waals surface area contributed by atoms with Gasteiger partial charge >= 0.3 is 0 Å². The maximum Gasteiger partial charge on any atom is 0.243 e. The first-order valence-electron chi connectivity index (χ1n) is 4.84. The molecule has 1 N–H and O–H groups in total. The van der Waals surface area contributed by atoms with Crippen LogP contribution in [0.1, 0.15) is 13.8 Å². The van der Waals surface area contributed by atoms with Gasteiger partial charge < -0.3 is 10.2 Å². The maximum atomic E-state index is 11.4. The van der Waals surface area contributed by atoms with E-state index in [0.29, 0.717) is 12.6 Å². The van der Waals surface area contributed by atoms with E-state index in [9.17, 15) is 4.79 Å². The molecule has 1 aliphatic heterocycles. The van der Waals surface area contributed by atoms with Crippen LogP contribution in [0.3, 0.4) is 0 Å². The Hall–Kier alpha value is -1.51. The average Bonchev–Trinajstić information content (AvgIpc) is 2.16. The van der Waals surface area contributed by atoms with Crippen LogP contribution in [0.2, 0.25) is 0 Å². The predicted molar refractivity (Wildman–Crippen MR) is 57.6 cm³/mol. The molecule has 2 rings (SSSR count). The Morgan fingerprint density at radius 1 is 1.36 bits per heavy atom. The monoisotopic (exact) mass is 190 g/mol. The van der Waals surface area contributed by atoms with Crippen LogP contribution in [0, 0.1) is 0 Å². The highest BCUT2D eigenvalue weighted by atomic mass is 16.2. The zero-order valence-electron chi connectivity index (χ0n) is 8.45. The van der Waals surface area contributed by atoms with E-state index in [1.807, 2.05) is 24.3 Å². The van der Waals surface area contributed by atoms with Gasteiger partial charge in [0, 0.05) is 6.04 Å². The van der Waals surface area contributed by atoms with Crippen molar-refractivity contribution < 1.29 is 4.79 Å². The standard InChI is InChI=1S/C11H14N2O/c1-8(2)13-7-11(14)12-9-5-3-4-6-10(9)13/h3-6,8H,7H2,1-2H3,(H,12,14). The number of hydrogen-bond acceptors (Lipinski definition) is 2. The summed E-state index contributed by atoms with van der Waals surface area (Å²) in [6.45, 7) is 4.64. The Labute approximate surface area is 83.7 Å². The number of anilines is 2. The van der Waals surface area contributed by atoms with E-state index >= 15 is 0 Å². The van der Waals surface area contributed by atoms with Crippen LogP contribution in [0.4, 0.5) is 11.4 Å². The van der Waals surface area contributed by atoms with E-state index in [4.69, 9.17) is 0 Å². The van der Waals surface area contributed by atoms with E-state index in [-0.39, 0.29) is 5.91 Å². The topological polar surface area (TPSA) is 32.3 Å². The molecule has 14 heavy (non-hydrogen) atoms. The Morgan fingerprint density at radius 3 is 2.79 bits per heavy atom. The van der Waals surface area contributed by atoms with Gasteiger partial charge in [0.1, 0.15) is 0 Å². The molecule has 1 amide bonds. The molecule has 0 saturated carbocycles. The molecular weight excluding hydrogens is 176 g/mol. The van der Waals surface area contributed by atoms with Crippen LogP contribution < -0.4 is 10.2 Å². The summed E-state index contributed by atoms with van der Waals surface area (Å²) < 4.78 is 0. The first-order valence-corrected chi connectivity index (χ1v) is 4.84. The van der Waals surface area contributed by atoms with Gasteiger partial charge in [-0.15, -0.1) is 0 Å². The van der Waals surface area contributed by atoms with Gasteiger partial charge in [-0.2, -0.15) is 0 Å². The molecule has 0 spiro atoms. The van der Waals surface area contributed by atoms with Crippen molar-refractivity contribution in [1.29, 1.82) is 0 Å². The van der Waals surface area contributed by atoms with Crippen LogP contribution in [0.5, 0.6) is 0 Å². The van der Waals surface area contributed by atoms with Crippen molar-refractivity contribution in [3.05, 3.63) is 24.3 Å². The number of rotatable bonds is 1. The summed E-state index contributed by atoms with van der Waals surface area (Å²) >= 11 is 0. The van der Waals surface area contributed by atoms with Crippen LogP contribution in [0.15, 0.2) is 24.3 Å². The molecule has 0 bridgehead atoms. The summed E-state index contributed by atoms with van der Waals surface area (Å²) in [7, 11) is 0. The quantitative estimate of drug-likeness (QED) is 0.733. The van der Waals surface area contributed by atoms with E-state index in [1.54, 1.807) is 0 Å². The van der Waals surface area contributed by atoms with Crippen molar-refractivity contribution >= 4 is 17.3 Å². The van der Waals surface area contributed by atoms with E-state index in [0.717, 1.165) is 11.4 Å².